The summed E-state index contributed by atoms with van der Waals surface area (Å²) in [5.41, 5.74) is 1.58. The predicted molar refractivity (Wildman–Crippen MR) is 92.7 cm³/mol. The zero-order valence-corrected chi connectivity index (χ0v) is 13.9. The Labute approximate surface area is 142 Å². The fraction of sp³-hybridized carbons (Fsp3) is 0.389. The molecular weight excluding hydrogens is 304 g/mol. The topological polar surface area (TPSA) is 58.6 Å². The number of nitrogens with zero attached hydrogens (tertiary/aromatic N) is 4. The van der Waals surface area contributed by atoms with Crippen molar-refractivity contribution in [3.05, 3.63) is 47.7 Å². The Balaban J connectivity index is 1.42. The number of hydrogen-bond donors (Lipinski definition) is 0. The van der Waals surface area contributed by atoms with Crippen LogP contribution in [0.25, 0.3) is 0 Å². The van der Waals surface area contributed by atoms with Crippen LogP contribution in [0.1, 0.15) is 16.1 Å². The minimum absolute atomic E-state index is 0.618. The number of carbonyl (C=O) groups excluding carboxylic acids is 1. The molecule has 1 fully saturated rings. The van der Waals surface area contributed by atoms with Gasteiger partial charge in [0, 0.05) is 38.3 Å². The number of piperazine rings is 1. The van der Waals surface area contributed by atoms with E-state index in [4.69, 9.17) is 4.74 Å². The van der Waals surface area contributed by atoms with Gasteiger partial charge in [-0.25, -0.2) is 0 Å². The molecule has 1 aliphatic rings. The Bertz CT molecular complexity index is 667. The van der Waals surface area contributed by atoms with Gasteiger partial charge in [0.05, 0.1) is 5.69 Å². The molecule has 6 nitrogen and oxygen atoms in total. The smallest absolute Gasteiger partial charge is 0.151 e. The van der Waals surface area contributed by atoms with Gasteiger partial charge in [0.1, 0.15) is 18.6 Å². The summed E-state index contributed by atoms with van der Waals surface area (Å²) in [5.74, 6) is 1.69. The molecule has 2 heterocycles. The van der Waals surface area contributed by atoms with Crippen molar-refractivity contribution in [3.63, 3.8) is 0 Å². The van der Waals surface area contributed by atoms with Crippen molar-refractivity contribution >= 4 is 12.1 Å². The molecule has 0 unspecified atom stereocenters. The summed E-state index contributed by atoms with van der Waals surface area (Å²) >= 11 is 0. The summed E-state index contributed by atoms with van der Waals surface area (Å²) in [6, 6.07) is 11.3. The maximum atomic E-state index is 10.8. The fourth-order valence-electron chi connectivity index (χ4n) is 2.73. The highest BCUT2D eigenvalue weighted by Gasteiger charge is 2.18. The lowest BCUT2D eigenvalue weighted by atomic mass is 10.2. The third kappa shape index (κ3) is 4.29. The van der Waals surface area contributed by atoms with E-state index < -0.39 is 0 Å². The summed E-state index contributed by atoms with van der Waals surface area (Å²) in [4.78, 5) is 15.4. The molecule has 1 saturated heterocycles. The number of aryl methyl sites for hydroxylation is 1. The van der Waals surface area contributed by atoms with Gasteiger partial charge >= 0.3 is 0 Å². The summed E-state index contributed by atoms with van der Waals surface area (Å²) in [7, 11) is 0. The van der Waals surface area contributed by atoms with Gasteiger partial charge in [-0.1, -0.05) is 12.1 Å². The summed E-state index contributed by atoms with van der Waals surface area (Å²) in [6.45, 7) is 7.28. The third-order valence-corrected chi connectivity index (χ3v) is 4.15. The second-order valence-electron chi connectivity index (χ2n) is 5.90. The zero-order valence-electron chi connectivity index (χ0n) is 13.9. The summed E-state index contributed by atoms with van der Waals surface area (Å²) < 4.78 is 5.74. The van der Waals surface area contributed by atoms with Crippen molar-refractivity contribution in [3.8, 4) is 5.75 Å². The lowest BCUT2D eigenvalue weighted by Crippen LogP contribution is -2.47. The average Bonchev–Trinajstić information content (AvgIpc) is 2.63. The van der Waals surface area contributed by atoms with Crippen LogP contribution in [0.2, 0.25) is 0 Å². The van der Waals surface area contributed by atoms with Crippen molar-refractivity contribution < 1.29 is 9.53 Å². The molecule has 2 aromatic rings. The first kappa shape index (κ1) is 16.4. The van der Waals surface area contributed by atoms with E-state index in [9.17, 15) is 4.79 Å². The van der Waals surface area contributed by atoms with Gasteiger partial charge < -0.3 is 9.64 Å². The van der Waals surface area contributed by atoms with Crippen LogP contribution < -0.4 is 9.64 Å². The lowest BCUT2D eigenvalue weighted by molar-refractivity contribution is 0.112. The van der Waals surface area contributed by atoms with Crippen LogP contribution in [-0.4, -0.2) is 60.7 Å². The Morgan fingerprint density at radius 3 is 2.67 bits per heavy atom. The van der Waals surface area contributed by atoms with E-state index in [-0.39, 0.29) is 0 Å². The van der Waals surface area contributed by atoms with Gasteiger partial charge in [0.15, 0.2) is 5.82 Å². The molecule has 126 valence electrons. The van der Waals surface area contributed by atoms with E-state index in [0.29, 0.717) is 12.2 Å². The van der Waals surface area contributed by atoms with Crippen LogP contribution in [-0.2, 0) is 0 Å². The molecule has 3 rings (SSSR count). The van der Waals surface area contributed by atoms with E-state index in [1.807, 2.05) is 31.2 Å². The van der Waals surface area contributed by atoms with Gasteiger partial charge in [-0.05, 0) is 31.2 Å². The second kappa shape index (κ2) is 7.88. The number of rotatable bonds is 6. The number of anilines is 1. The van der Waals surface area contributed by atoms with Gasteiger partial charge in [-0.3, -0.25) is 9.69 Å². The molecule has 24 heavy (non-hydrogen) atoms. The quantitative estimate of drug-likeness (QED) is 0.755. The second-order valence-corrected chi connectivity index (χ2v) is 5.90. The van der Waals surface area contributed by atoms with E-state index in [1.165, 1.54) is 0 Å². The van der Waals surface area contributed by atoms with Crippen molar-refractivity contribution in [1.29, 1.82) is 0 Å². The first-order valence-electron chi connectivity index (χ1n) is 8.20. The minimum atomic E-state index is 0.618. The molecule has 1 aromatic heterocycles. The van der Waals surface area contributed by atoms with E-state index in [0.717, 1.165) is 56.3 Å². The first-order chi connectivity index (χ1) is 11.7. The average molecular weight is 326 g/mol. The van der Waals surface area contributed by atoms with Crippen LogP contribution in [0, 0.1) is 6.92 Å². The van der Waals surface area contributed by atoms with Crippen molar-refractivity contribution in [2.75, 3.05) is 44.2 Å². The minimum Gasteiger partial charge on any atom is -0.492 e. The molecule has 6 heteroatoms. The van der Waals surface area contributed by atoms with Gasteiger partial charge in [-0.2, -0.15) is 5.10 Å². The van der Waals surface area contributed by atoms with Crippen molar-refractivity contribution in [1.82, 2.24) is 15.1 Å². The van der Waals surface area contributed by atoms with Crippen molar-refractivity contribution in [2.24, 2.45) is 0 Å². The van der Waals surface area contributed by atoms with Gasteiger partial charge in [0.25, 0.3) is 0 Å². The molecule has 0 atom stereocenters. The number of hydrogen-bond acceptors (Lipinski definition) is 6. The maximum absolute atomic E-state index is 10.8. The molecule has 1 aromatic carbocycles. The molecule has 0 radical (unpaired) electrons. The number of carbonyl (C=O) groups is 1. The number of benzene rings is 1. The van der Waals surface area contributed by atoms with Crippen LogP contribution in [0.15, 0.2) is 36.4 Å². The molecule has 0 bridgehead atoms. The molecule has 0 N–H and O–H groups in total. The summed E-state index contributed by atoms with van der Waals surface area (Å²) in [6.07, 6.45) is 0.833. The molecule has 0 aliphatic carbocycles. The predicted octanol–water partition coefficient (Wildman–Crippen LogP) is 1.80. The Hall–Kier alpha value is -2.47. The largest absolute Gasteiger partial charge is 0.492 e. The highest BCUT2D eigenvalue weighted by atomic mass is 16.5. The Kier molecular flexibility index (Phi) is 5.38. The third-order valence-electron chi connectivity index (χ3n) is 4.15. The fourth-order valence-corrected chi connectivity index (χ4v) is 2.73. The highest BCUT2D eigenvalue weighted by molar-refractivity contribution is 5.75. The number of ether oxygens (including phenoxy) is 1. The SMILES string of the molecule is Cc1ccc(N2CCN(CCOc3cccc(C=O)c3)CC2)nn1. The monoisotopic (exact) mass is 326 g/mol. The maximum Gasteiger partial charge on any atom is 0.151 e. The molecule has 0 spiro atoms. The van der Waals surface area contributed by atoms with E-state index in [2.05, 4.69) is 20.0 Å². The van der Waals surface area contributed by atoms with Crippen LogP contribution in [0.3, 0.4) is 0 Å². The Morgan fingerprint density at radius 2 is 1.96 bits per heavy atom. The van der Waals surface area contributed by atoms with Crippen LogP contribution in [0.4, 0.5) is 5.82 Å². The zero-order chi connectivity index (χ0) is 16.8. The van der Waals surface area contributed by atoms with Gasteiger partial charge in [0.2, 0.25) is 0 Å². The van der Waals surface area contributed by atoms with Crippen LogP contribution in [0.5, 0.6) is 5.75 Å². The highest BCUT2D eigenvalue weighted by Crippen LogP contribution is 2.14. The van der Waals surface area contributed by atoms with Crippen molar-refractivity contribution in [2.45, 2.75) is 6.92 Å². The normalized spacial score (nSPS) is 15.3. The standard InChI is InChI=1S/C18H22N4O2/c1-15-5-6-18(20-19-15)22-9-7-21(8-10-22)11-12-24-17-4-2-3-16(13-17)14-23/h2-6,13-14H,7-12H2,1H3. The number of aldehydes is 1. The lowest BCUT2D eigenvalue weighted by Gasteiger charge is -2.35. The first-order valence-corrected chi connectivity index (χ1v) is 8.20. The molecule has 1 aliphatic heterocycles. The molecule has 0 amide bonds. The van der Waals surface area contributed by atoms with Gasteiger partial charge in [-0.15, -0.1) is 5.10 Å². The summed E-state index contributed by atoms with van der Waals surface area (Å²) in [5, 5.41) is 8.37. The van der Waals surface area contributed by atoms with E-state index >= 15 is 0 Å². The number of aromatic nitrogens is 2. The Morgan fingerprint density at radius 1 is 1.12 bits per heavy atom. The van der Waals surface area contributed by atoms with E-state index in [1.54, 1.807) is 12.1 Å². The molecular formula is C18H22N4O2. The van der Waals surface area contributed by atoms with Crippen LogP contribution >= 0.6 is 0 Å². The molecule has 0 saturated carbocycles.